The third-order valence-corrected chi connectivity index (χ3v) is 4.06. The highest BCUT2D eigenvalue weighted by Crippen LogP contribution is 2.37. The summed E-state index contributed by atoms with van der Waals surface area (Å²) in [6.07, 6.45) is 0.726. The molecule has 2 aromatic carbocycles. The van der Waals surface area contributed by atoms with Crippen LogP contribution in [0.25, 0.3) is 0 Å². The van der Waals surface area contributed by atoms with E-state index in [1.165, 1.54) is 7.11 Å². The van der Waals surface area contributed by atoms with Crippen molar-refractivity contribution in [1.29, 1.82) is 0 Å². The molecule has 0 saturated heterocycles. The van der Waals surface area contributed by atoms with Crippen LogP contribution in [-0.4, -0.2) is 19.2 Å². The molecule has 0 fully saturated rings. The molecule has 1 aliphatic heterocycles. The maximum atomic E-state index is 11.6. The van der Waals surface area contributed by atoms with Crippen LogP contribution in [0.15, 0.2) is 42.5 Å². The number of ether oxygens (including phenoxy) is 3. The van der Waals surface area contributed by atoms with Gasteiger partial charge in [0.15, 0.2) is 6.10 Å². The molecule has 0 aromatic heterocycles. The Hall–Kier alpha value is -2.20. The van der Waals surface area contributed by atoms with Crippen LogP contribution < -0.4 is 9.47 Å². The predicted octanol–water partition coefficient (Wildman–Crippen LogP) is 3.79. The minimum absolute atomic E-state index is 0.364. The van der Waals surface area contributed by atoms with Gasteiger partial charge in [-0.1, -0.05) is 41.9 Å². The van der Waals surface area contributed by atoms with Gasteiger partial charge in [-0.25, -0.2) is 4.79 Å². The van der Waals surface area contributed by atoms with Gasteiger partial charge < -0.3 is 14.2 Å². The van der Waals surface area contributed by atoms with Gasteiger partial charge in [0, 0.05) is 6.07 Å². The van der Waals surface area contributed by atoms with Gasteiger partial charge in [-0.05, 0) is 30.0 Å². The maximum absolute atomic E-state index is 11.6. The summed E-state index contributed by atoms with van der Waals surface area (Å²) in [6, 6.07) is 13.4. The van der Waals surface area contributed by atoms with E-state index in [0.29, 0.717) is 36.0 Å². The van der Waals surface area contributed by atoms with Crippen molar-refractivity contribution in [2.45, 2.75) is 25.6 Å². The SMILES string of the molecule is COC(=O)C1CCc2cc(Cl)c(OCc3ccccc3)cc2O1. The van der Waals surface area contributed by atoms with Gasteiger partial charge in [0.1, 0.15) is 18.1 Å². The summed E-state index contributed by atoms with van der Waals surface area (Å²) in [4.78, 5) is 11.6. The number of hydrogen-bond donors (Lipinski definition) is 0. The summed E-state index contributed by atoms with van der Waals surface area (Å²) in [5.74, 6) is 0.802. The Balaban J connectivity index is 1.76. The molecular formula is C18H17ClO4. The molecule has 0 spiro atoms. The molecule has 0 saturated carbocycles. The number of carbonyl (C=O) groups excluding carboxylic acids is 1. The lowest BCUT2D eigenvalue weighted by molar-refractivity contribution is -0.149. The summed E-state index contributed by atoms with van der Waals surface area (Å²) in [7, 11) is 1.36. The van der Waals surface area contributed by atoms with Crippen molar-refractivity contribution in [3.8, 4) is 11.5 Å². The fourth-order valence-corrected chi connectivity index (χ4v) is 2.76. The van der Waals surface area contributed by atoms with E-state index >= 15 is 0 Å². The van der Waals surface area contributed by atoms with Gasteiger partial charge in [-0.2, -0.15) is 0 Å². The normalized spacial score (nSPS) is 16.2. The molecule has 2 aromatic rings. The second-order valence-electron chi connectivity index (χ2n) is 5.33. The van der Waals surface area contributed by atoms with Crippen molar-refractivity contribution < 1.29 is 19.0 Å². The van der Waals surface area contributed by atoms with Crippen molar-refractivity contribution in [1.82, 2.24) is 0 Å². The van der Waals surface area contributed by atoms with E-state index in [-0.39, 0.29) is 5.97 Å². The molecule has 0 radical (unpaired) electrons. The minimum atomic E-state index is -0.573. The fraction of sp³-hybridized carbons (Fsp3) is 0.278. The lowest BCUT2D eigenvalue weighted by Crippen LogP contribution is -2.32. The Morgan fingerprint density at radius 2 is 2.09 bits per heavy atom. The van der Waals surface area contributed by atoms with Crippen LogP contribution in [-0.2, 0) is 22.6 Å². The molecule has 1 atom stereocenters. The first-order valence-corrected chi connectivity index (χ1v) is 7.79. The Bertz CT molecular complexity index is 700. The number of aryl methyl sites for hydroxylation is 1. The monoisotopic (exact) mass is 332 g/mol. The van der Waals surface area contributed by atoms with Crippen molar-refractivity contribution in [3.05, 3.63) is 58.6 Å². The second kappa shape index (κ2) is 6.92. The first-order valence-electron chi connectivity index (χ1n) is 7.41. The Morgan fingerprint density at radius 1 is 1.30 bits per heavy atom. The van der Waals surface area contributed by atoms with Crippen molar-refractivity contribution in [2.24, 2.45) is 0 Å². The van der Waals surface area contributed by atoms with Crippen LogP contribution in [0.5, 0.6) is 11.5 Å². The molecule has 0 aliphatic carbocycles. The third kappa shape index (κ3) is 3.59. The number of benzene rings is 2. The molecule has 1 heterocycles. The standard InChI is InChI=1S/C18H17ClO4/c1-21-18(20)15-8-7-13-9-14(19)17(10-16(13)23-15)22-11-12-5-3-2-4-6-12/h2-6,9-10,15H,7-8,11H2,1H3. The van der Waals surface area contributed by atoms with Gasteiger partial charge in [-0.15, -0.1) is 0 Å². The van der Waals surface area contributed by atoms with Crippen LogP contribution >= 0.6 is 11.6 Å². The zero-order chi connectivity index (χ0) is 16.2. The Labute approximate surface area is 139 Å². The highest BCUT2D eigenvalue weighted by Gasteiger charge is 2.27. The summed E-state index contributed by atoms with van der Waals surface area (Å²) < 4.78 is 16.2. The largest absolute Gasteiger partial charge is 0.487 e. The van der Waals surface area contributed by atoms with Gasteiger partial charge in [0.05, 0.1) is 12.1 Å². The molecular weight excluding hydrogens is 316 g/mol. The first kappa shape index (κ1) is 15.7. The fourth-order valence-electron chi connectivity index (χ4n) is 2.52. The average Bonchev–Trinajstić information content (AvgIpc) is 2.59. The van der Waals surface area contributed by atoms with E-state index in [1.807, 2.05) is 36.4 Å². The van der Waals surface area contributed by atoms with Crippen LogP contribution in [0.1, 0.15) is 17.5 Å². The van der Waals surface area contributed by atoms with Crippen LogP contribution in [0.4, 0.5) is 0 Å². The number of fused-ring (bicyclic) bond motifs is 1. The van der Waals surface area contributed by atoms with Crippen LogP contribution in [0.2, 0.25) is 5.02 Å². The Kier molecular flexibility index (Phi) is 4.72. The van der Waals surface area contributed by atoms with Gasteiger partial charge >= 0.3 is 5.97 Å². The summed E-state index contributed by atoms with van der Waals surface area (Å²) in [5.41, 5.74) is 2.02. The molecule has 0 bridgehead atoms. The second-order valence-corrected chi connectivity index (χ2v) is 5.74. The average molecular weight is 333 g/mol. The topological polar surface area (TPSA) is 44.8 Å². The maximum Gasteiger partial charge on any atom is 0.347 e. The number of esters is 1. The van der Waals surface area contributed by atoms with E-state index in [0.717, 1.165) is 11.1 Å². The van der Waals surface area contributed by atoms with Crippen LogP contribution in [0, 0.1) is 0 Å². The zero-order valence-corrected chi connectivity index (χ0v) is 13.5. The van der Waals surface area contributed by atoms with Gasteiger partial charge in [0.25, 0.3) is 0 Å². The van der Waals surface area contributed by atoms with Crippen molar-refractivity contribution >= 4 is 17.6 Å². The zero-order valence-electron chi connectivity index (χ0n) is 12.8. The minimum Gasteiger partial charge on any atom is -0.487 e. The molecule has 4 nitrogen and oxygen atoms in total. The van der Waals surface area contributed by atoms with E-state index in [2.05, 4.69) is 0 Å². The number of methoxy groups -OCH3 is 1. The summed E-state index contributed by atoms with van der Waals surface area (Å²) in [5, 5.41) is 0.541. The molecule has 1 aliphatic rings. The third-order valence-electron chi connectivity index (χ3n) is 3.76. The number of carbonyl (C=O) groups is 1. The molecule has 3 rings (SSSR count). The molecule has 0 N–H and O–H groups in total. The molecule has 23 heavy (non-hydrogen) atoms. The number of hydrogen-bond acceptors (Lipinski definition) is 4. The predicted molar refractivity (Wildman–Crippen MR) is 87.0 cm³/mol. The highest BCUT2D eigenvalue weighted by atomic mass is 35.5. The van der Waals surface area contributed by atoms with Crippen LogP contribution in [0.3, 0.4) is 0 Å². The molecule has 5 heteroatoms. The van der Waals surface area contributed by atoms with E-state index < -0.39 is 6.10 Å². The summed E-state index contributed by atoms with van der Waals surface area (Å²) in [6.45, 7) is 0.416. The number of rotatable bonds is 4. The van der Waals surface area contributed by atoms with Crippen molar-refractivity contribution in [2.75, 3.05) is 7.11 Å². The van der Waals surface area contributed by atoms with E-state index in [9.17, 15) is 4.79 Å². The smallest absolute Gasteiger partial charge is 0.347 e. The van der Waals surface area contributed by atoms with Gasteiger partial charge in [0.2, 0.25) is 0 Å². The molecule has 120 valence electrons. The molecule has 0 amide bonds. The Morgan fingerprint density at radius 3 is 2.83 bits per heavy atom. The quantitative estimate of drug-likeness (QED) is 0.799. The summed E-state index contributed by atoms with van der Waals surface area (Å²) >= 11 is 6.28. The van der Waals surface area contributed by atoms with E-state index in [1.54, 1.807) is 6.07 Å². The number of halogens is 1. The highest BCUT2D eigenvalue weighted by molar-refractivity contribution is 6.32. The van der Waals surface area contributed by atoms with Gasteiger partial charge in [-0.3, -0.25) is 0 Å². The first-order chi connectivity index (χ1) is 11.2. The lowest BCUT2D eigenvalue weighted by Gasteiger charge is -2.25. The van der Waals surface area contributed by atoms with Crippen molar-refractivity contribution in [3.63, 3.8) is 0 Å². The lowest BCUT2D eigenvalue weighted by atomic mass is 10.0. The molecule has 1 unspecified atom stereocenters. The van der Waals surface area contributed by atoms with E-state index in [4.69, 9.17) is 25.8 Å².